The Hall–Kier alpha value is -1.34. The van der Waals surface area contributed by atoms with Gasteiger partial charge in [0.2, 0.25) is 14.2 Å². The van der Waals surface area contributed by atoms with Crippen LogP contribution in [0, 0.1) is 0 Å². The van der Waals surface area contributed by atoms with Gasteiger partial charge in [0.15, 0.2) is 0 Å². The molecule has 7 heteroatoms. The van der Waals surface area contributed by atoms with Crippen LogP contribution >= 0.6 is 0 Å². The first-order valence-electron chi connectivity index (χ1n) is 7.22. The molecule has 21 heavy (non-hydrogen) atoms. The summed E-state index contributed by atoms with van der Waals surface area (Å²) in [6.07, 6.45) is 1.77. The number of hydrogen-bond donors (Lipinski definition) is 1. The Morgan fingerprint density at radius 3 is 2.48 bits per heavy atom. The van der Waals surface area contributed by atoms with Crippen molar-refractivity contribution in [2.24, 2.45) is 5.73 Å². The zero-order chi connectivity index (χ0) is 16.2. The summed E-state index contributed by atoms with van der Waals surface area (Å²) in [6, 6.07) is -1.05. The summed E-state index contributed by atoms with van der Waals surface area (Å²) in [5.74, 6) is -0.504. The second kappa shape index (κ2) is 4.84. The Morgan fingerprint density at radius 2 is 2.00 bits per heavy atom. The van der Waals surface area contributed by atoms with Crippen molar-refractivity contribution in [3.63, 3.8) is 0 Å². The highest BCUT2D eigenvalue weighted by atomic mass is 28.4. The molecule has 118 valence electrons. The molecule has 3 amide bonds. The van der Waals surface area contributed by atoms with Gasteiger partial charge in [0, 0.05) is 0 Å². The van der Waals surface area contributed by atoms with Gasteiger partial charge in [-0.3, -0.25) is 4.79 Å². The lowest BCUT2D eigenvalue weighted by Crippen LogP contribution is -2.50. The molecule has 0 saturated carbocycles. The van der Waals surface area contributed by atoms with Crippen molar-refractivity contribution in [3.05, 3.63) is 11.6 Å². The van der Waals surface area contributed by atoms with Crippen LogP contribution < -0.4 is 5.73 Å². The van der Waals surface area contributed by atoms with Gasteiger partial charge in [0.25, 0.3) is 0 Å². The zero-order valence-corrected chi connectivity index (χ0v) is 14.6. The van der Waals surface area contributed by atoms with Gasteiger partial charge in [0.05, 0.1) is 12.6 Å². The number of primary amides is 1. The Bertz CT molecular complexity index is 510. The minimum atomic E-state index is -2.12. The van der Waals surface area contributed by atoms with Gasteiger partial charge < -0.3 is 15.2 Å². The maximum absolute atomic E-state index is 12.6. The van der Waals surface area contributed by atoms with E-state index in [1.807, 2.05) is 6.92 Å². The van der Waals surface area contributed by atoms with Crippen molar-refractivity contribution in [1.82, 2.24) is 9.96 Å². The van der Waals surface area contributed by atoms with Gasteiger partial charge >= 0.3 is 6.03 Å². The largest absolute Gasteiger partial charge is 0.368 e. The molecular weight excluding hydrogens is 286 g/mol. The first-order valence-corrected chi connectivity index (χ1v) is 10.1. The molecule has 2 heterocycles. The number of amides is 3. The number of nitrogens with zero attached hydrogens (tertiary/aromatic N) is 2. The lowest BCUT2D eigenvalue weighted by Gasteiger charge is -2.39. The van der Waals surface area contributed by atoms with Crippen molar-refractivity contribution >= 4 is 20.3 Å². The average Bonchev–Trinajstić information content (AvgIpc) is 2.58. The summed E-state index contributed by atoms with van der Waals surface area (Å²) in [7, 11) is -2.12. The van der Waals surface area contributed by atoms with E-state index in [1.54, 1.807) is 6.08 Å². The van der Waals surface area contributed by atoms with Crippen molar-refractivity contribution < 1.29 is 14.1 Å². The number of rotatable bonds is 3. The fourth-order valence-corrected chi connectivity index (χ4v) is 3.30. The van der Waals surface area contributed by atoms with Crippen LogP contribution in [-0.2, 0) is 9.32 Å². The summed E-state index contributed by atoms with van der Waals surface area (Å²) >= 11 is 0. The summed E-state index contributed by atoms with van der Waals surface area (Å²) in [5.41, 5.74) is 6.35. The van der Waals surface area contributed by atoms with E-state index in [1.165, 1.54) is 9.96 Å². The van der Waals surface area contributed by atoms with E-state index in [-0.39, 0.29) is 17.1 Å². The summed E-state index contributed by atoms with van der Waals surface area (Å²) < 4.78 is 6.18. The first-order chi connectivity index (χ1) is 9.45. The number of urea groups is 1. The standard InChI is InChI=1S/C14H25N3O3Si/c1-9-7-10(12(15)18)16-8-11(9)17(13(16)19)20-21(5,6)14(2,3)4/h7,10-11H,8H2,1-6H3,(H2,15,18)/t10-,11+/m0/s1. The minimum Gasteiger partial charge on any atom is -0.368 e. The van der Waals surface area contributed by atoms with Gasteiger partial charge in [-0.15, -0.1) is 0 Å². The summed E-state index contributed by atoms with van der Waals surface area (Å²) in [5, 5.41) is 1.46. The van der Waals surface area contributed by atoms with Crippen molar-refractivity contribution in [3.8, 4) is 0 Å². The van der Waals surface area contributed by atoms with Crippen LogP contribution in [0.2, 0.25) is 18.1 Å². The molecule has 0 spiro atoms. The molecule has 2 N–H and O–H groups in total. The fourth-order valence-electron chi connectivity index (χ4n) is 2.33. The summed E-state index contributed by atoms with van der Waals surface area (Å²) in [6.45, 7) is 13.0. The van der Waals surface area contributed by atoms with E-state index in [0.29, 0.717) is 6.54 Å². The lowest BCUT2D eigenvalue weighted by atomic mass is 10.0. The smallest absolute Gasteiger partial charge is 0.344 e. The molecule has 1 fully saturated rings. The highest BCUT2D eigenvalue weighted by molar-refractivity contribution is 6.74. The molecule has 2 aliphatic rings. The molecule has 0 aromatic carbocycles. The Morgan fingerprint density at radius 1 is 1.43 bits per heavy atom. The molecule has 0 unspecified atom stereocenters. The van der Waals surface area contributed by atoms with Crippen LogP contribution in [0.25, 0.3) is 0 Å². The van der Waals surface area contributed by atoms with Gasteiger partial charge in [0.1, 0.15) is 6.04 Å². The van der Waals surface area contributed by atoms with Gasteiger partial charge in [-0.1, -0.05) is 26.8 Å². The molecule has 2 bridgehead atoms. The molecule has 2 rings (SSSR count). The molecule has 0 aromatic rings. The predicted molar refractivity (Wildman–Crippen MR) is 82.8 cm³/mol. The highest BCUT2D eigenvalue weighted by Gasteiger charge is 2.50. The van der Waals surface area contributed by atoms with E-state index in [2.05, 4.69) is 33.9 Å². The third kappa shape index (κ3) is 2.60. The van der Waals surface area contributed by atoms with Gasteiger partial charge in [-0.25, -0.2) is 9.86 Å². The molecule has 1 saturated heterocycles. The SMILES string of the molecule is CC1=C[C@@H](C(N)=O)N2C[C@H]1N(O[Si](C)(C)C(C)(C)C)C2=O. The maximum atomic E-state index is 12.6. The highest BCUT2D eigenvalue weighted by Crippen LogP contribution is 2.40. The van der Waals surface area contributed by atoms with E-state index in [4.69, 9.17) is 10.3 Å². The van der Waals surface area contributed by atoms with Gasteiger partial charge in [-0.2, -0.15) is 0 Å². The lowest BCUT2D eigenvalue weighted by molar-refractivity contribution is -0.120. The van der Waals surface area contributed by atoms with E-state index < -0.39 is 20.3 Å². The van der Waals surface area contributed by atoms with Crippen LogP contribution in [-0.4, -0.2) is 48.8 Å². The molecular formula is C14H25N3O3Si. The van der Waals surface area contributed by atoms with Crippen LogP contribution in [0.1, 0.15) is 27.7 Å². The average molecular weight is 311 g/mol. The Balaban J connectivity index is 2.28. The van der Waals surface area contributed by atoms with Crippen LogP contribution in [0.5, 0.6) is 0 Å². The predicted octanol–water partition coefficient (Wildman–Crippen LogP) is 1.84. The van der Waals surface area contributed by atoms with E-state index in [0.717, 1.165) is 5.57 Å². The Kier molecular flexibility index (Phi) is 3.70. The molecule has 0 aliphatic carbocycles. The van der Waals surface area contributed by atoms with Crippen molar-refractivity contribution in [2.75, 3.05) is 6.54 Å². The topological polar surface area (TPSA) is 75.9 Å². The number of carbonyl (C=O) groups is 2. The molecule has 2 aliphatic heterocycles. The van der Waals surface area contributed by atoms with Crippen LogP contribution in [0.3, 0.4) is 0 Å². The molecule has 6 nitrogen and oxygen atoms in total. The number of hydrogen-bond acceptors (Lipinski definition) is 3. The van der Waals surface area contributed by atoms with Crippen LogP contribution in [0.4, 0.5) is 4.79 Å². The number of fused-ring (bicyclic) bond motifs is 2. The summed E-state index contributed by atoms with van der Waals surface area (Å²) in [4.78, 5) is 25.6. The second-order valence-electron chi connectivity index (χ2n) is 7.39. The normalized spacial score (nSPS) is 26.2. The maximum Gasteiger partial charge on any atom is 0.344 e. The zero-order valence-electron chi connectivity index (χ0n) is 13.6. The second-order valence-corrected chi connectivity index (χ2v) is 12.1. The van der Waals surface area contributed by atoms with Crippen LogP contribution in [0.15, 0.2) is 11.6 Å². The van der Waals surface area contributed by atoms with Gasteiger partial charge in [-0.05, 0) is 30.6 Å². The van der Waals surface area contributed by atoms with Crippen molar-refractivity contribution in [2.45, 2.75) is 57.9 Å². The third-order valence-electron chi connectivity index (χ3n) is 4.79. The molecule has 0 aromatic heterocycles. The number of nitrogens with two attached hydrogens (primary N) is 1. The van der Waals surface area contributed by atoms with E-state index in [9.17, 15) is 9.59 Å². The molecule has 2 atom stereocenters. The Labute approximate surface area is 127 Å². The monoisotopic (exact) mass is 311 g/mol. The number of hydroxylamine groups is 2. The first kappa shape index (κ1) is 16.0. The van der Waals surface area contributed by atoms with E-state index >= 15 is 0 Å². The van der Waals surface area contributed by atoms with Crippen molar-refractivity contribution in [1.29, 1.82) is 0 Å². The quantitative estimate of drug-likeness (QED) is 0.638. The number of carbonyl (C=O) groups excluding carboxylic acids is 2. The fraction of sp³-hybridized carbons (Fsp3) is 0.714. The molecule has 0 radical (unpaired) electrons. The third-order valence-corrected chi connectivity index (χ3v) is 9.06. The minimum absolute atomic E-state index is 0.0000115.